The third kappa shape index (κ3) is 3.99. The average Bonchev–Trinajstić information content (AvgIpc) is 3.59. The largest absolute Gasteiger partial charge is 0.331 e. The van der Waals surface area contributed by atoms with Gasteiger partial charge in [0.05, 0.1) is 10.9 Å². The highest BCUT2D eigenvalue weighted by Gasteiger charge is 2.33. The number of nitrogens with zero attached hydrogens (tertiary/aromatic N) is 3. The minimum absolute atomic E-state index is 0.0219. The molecule has 2 aromatic carbocycles. The lowest BCUT2D eigenvalue weighted by Crippen LogP contribution is -2.33. The first-order chi connectivity index (χ1) is 15.1. The van der Waals surface area contributed by atoms with E-state index in [9.17, 15) is 14.0 Å². The van der Waals surface area contributed by atoms with E-state index in [4.69, 9.17) is 4.98 Å². The molecule has 160 valence electrons. The highest BCUT2D eigenvalue weighted by atomic mass is 19.1. The van der Waals surface area contributed by atoms with Gasteiger partial charge in [0.1, 0.15) is 11.6 Å². The minimum atomic E-state index is -0.298. The highest BCUT2D eigenvalue weighted by Crippen LogP contribution is 2.30. The molecule has 1 saturated carbocycles. The van der Waals surface area contributed by atoms with Gasteiger partial charge >= 0.3 is 0 Å². The quantitative estimate of drug-likeness (QED) is 0.628. The van der Waals surface area contributed by atoms with Gasteiger partial charge in [-0.2, -0.15) is 0 Å². The lowest BCUT2D eigenvalue weighted by atomic mass is 10.1. The number of benzene rings is 2. The van der Waals surface area contributed by atoms with Crippen molar-refractivity contribution in [2.45, 2.75) is 64.1 Å². The fourth-order valence-electron chi connectivity index (χ4n) is 4.46. The Morgan fingerprint density at radius 1 is 1.10 bits per heavy atom. The molecule has 5 rings (SSSR count). The van der Waals surface area contributed by atoms with Crippen LogP contribution in [0.5, 0.6) is 0 Å². The first kappa shape index (κ1) is 19.9. The van der Waals surface area contributed by atoms with Gasteiger partial charge < -0.3 is 4.90 Å². The second-order valence-electron chi connectivity index (χ2n) is 8.64. The van der Waals surface area contributed by atoms with Crippen LogP contribution in [0.3, 0.4) is 0 Å². The Kier molecular flexibility index (Phi) is 5.30. The Balaban J connectivity index is 1.50. The van der Waals surface area contributed by atoms with Crippen LogP contribution < -0.4 is 5.56 Å². The molecule has 0 N–H and O–H groups in total. The van der Waals surface area contributed by atoms with Crippen LogP contribution in [-0.2, 0) is 19.5 Å². The topological polar surface area (TPSA) is 55.2 Å². The summed E-state index contributed by atoms with van der Waals surface area (Å²) in [6.07, 6.45) is 6.94. The summed E-state index contributed by atoms with van der Waals surface area (Å²) in [6.45, 7) is 0.949. The maximum absolute atomic E-state index is 14.2. The lowest BCUT2D eigenvalue weighted by molar-refractivity contribution is 0.0728. The Labute approximate surface area is 180 Å². The zero-order valence-corrected chi connectivity index (χ0v) is 17.5. The fourth-order valence-corrected chi connectivity index (χ4v) is 4.46. The van der Waals surface area contributed by atoms with E-state index in [1.54, 1.807) is 45.9 Å². The Hall–Kier alpha value is -3.02. The predicted molar refractivity (Wildman–Crippen MR) is 117 cm³/mol. The van der Waals surface area contributed by atoms with E-state index in [1.807, 2.05) is 0 Å². The van der Waals surface area contributed by atoms with Gasteiger partial charge in [0.15, 0.2) is 0 Å². The summed E-state index contributed by atoms with van der Waals surface area (Å²) in [5.74, 6) is 0.376. The molecule has 0 atom stereocenters. The number of rotatable bonds is 4. The van der Waals surface area contributed by atoms with Gasteiger partial charge in [-0.15, -0.1) is 0 Å². The van der Waals surface area contributed by atoms with E-state index in [0.717, 1.165) is 50.8 Å². The van der Waals surface area contributed by atoms with Crippen LogP contribution in [0.4, 0.5) is 4.39 Å². The number of halogens is 1. The summed E-state index contributed by atoms with van der Waals surface area (Å²) in [6, 6.07) is 11.9. The maximum atomic E-state index is 14.2. The summed E-state index contributed by atoms with van der Waals surface area (Å²) < 4.78 is 16.0. The molecule has 1 aliphatic carbocycles. The van der Waals surface area contributed by atoms with Crippen molar-refractivity contribution in [1.29, 1.82) is 0 Å². The zero-order chi connectivity index (χ0) is 21.4. The number of hydrogen-bond donors (Lipinski definition) is 0. The average molecular weight is 420 g/mol. The molecule has 1 aliphatic heterocycles. The fraction of sp³-hybridized carbons (Fsp3) is 0.400. The summed E-state index contributed by atoms with van der Waals surface area (Å²) in [7, 11) is 0. The van der Waals surface area contributed by atoms with Crippen LogP contribution in [0.25, 0.3) is 10.9 Å². The number of hydrogen-bond acceptors (Lipinski definition) is 3. The first-order valence-corrected chi connectivity index (χ1v) is 11.2. The summed E-state index contributed by atoms with van der Waals surface area (Å²) in [5.41, 5.74) is 1.57. The van der Waals surface area contributed by atoms with Crippen molar-refractivity contribution in [3.8, 4) is 0 Å². The SMILES string of the molecule is O=C(c1ccc2c(=O)n3c(nc2c1)CCCCCC3)N(Cc1ccccc1F)C1CC1. The van der Waals surface area contributed by atoms with E-state index >= 15 is 0 Å². The third-order valence-corrected chi connectivity index (χ3v) is 6.36. The van der Waals surface area contributed by atoms with Crippen molar-refractivity contribution < 1.29 is 9.18 Å². The van der Waals surface area contributed by atoms with Crippen molar-refractivity contribution in [2.75, 3.05) is 0 Å². The molecule has 31 heavy (non-hydrogen) atoms. The molecule has 1 aromatic heterocycles. The molecule has 0 radical (unpaired) electrons. The van der Waals surface area contributed by atoms with Gasteiger partial charge in [0.2, 0.25) is 0 Å². The summed E-state index contributed by atoms with van der Waals surface area (Å²) >= 11 is 0. The monoisotopic (exact) mass is 419 g/mol. The van der Waals surface area contributed by atoms with Crippen LogP contribution in [0.2, 0.25) is 0 Å². The van der Waals surface area contributed by atoms with Crippen LogP contribution in [0, 0.1) is 5.82 Å². The minimum Gasteiger partial charge on any atom is -0.331 e. The number of aromatic nitrogens is 2. The van der Waals surface area contributed by atoms with Gasteiger partial charge in [0.25, 0.3) is 11.5 Å². The molecule has 5 nitrogen and oxygen atoms in total. The summed E-state index contributed by atoms with van der Waals surface area (Å²) in [4.78, 5) is 32.9. The smallest absolute Gasteiger partial charge is 0.261 e. The normalized spacial score (nSPS) is 16.4. The molecule has 0 unspecified atom stereocenters. The first-order valence-electron chi connectivity index (χ1n) is 11.2. The van der Waals surface area contributed by atoms with E-state index in [2.05, 4.69) is 0 Å². The number of amides is 1. The second kappa shape index (κ2) is 8.25. The number of aryl methyl sites for hydroxylation is 1. The van der Waals surface area contributed by atoms with E-state index < -0.39 is 0 Å². The van der Waals surface area contributed by atoms with Gasteiger partial charge in [-0.25, -0.2) is 9.37 Å². The van der Waals surface area contributed by atoms with Crippen molar-refractivity contribution in [1.82, 2.24) is 14.5 Å². The molecular formula is C25H26FN3O2. The van der Waals surface area contributed by atoms with Gasteiger partial charge in [-0.05, 0) is 49.9 Å². The van der Waals surface area contributed by atoms with E-state index in [0.29, 0.717) is 28.6 Å². The maximum Gasteiger partial charge on any atom is 0.261 e. The molecule has 0 bridgehead atoms. The van der Waals surface area contributed by atoms with Crippen molar-refractivity contribution >= 4 is 16.8 Å². The van der Waals surface area contributed by atoms with Gasteiger partial charge in [-0.1, -0.05) is 31.0 Å². The molecule has 1 fully saturated rings. The highest BCUT2D eigenvalue weighted by molar-refractivity contribution is 5.98. The number of carbonyl (C=O) groups excluding carboxylic acids is 1. The van der Waals surface area contributed by atoms with Crippen molar-refractivity contribution in [3.05, 3.63) is 75.6 Å². The Bertz CT molecular complexity index is 1200. The van der Waals surface area contributed by atoms with Crippen LogP contribution in [-0.4, -0.2) is 26.4 Å². The second-order valence-corrected chi connectivity index (χ2v) is 8.64. The van der Waals surface area contributed by atoms with Gasteiger partial charge in [-0.3, -0.25) is 14.2 Å². The van der Waals surface area contributed by atoms with Crippen molar-refractivity contribution in [3.63, 3.8) is 0 Å². The molecule has 0 spiro atoms. The standard InChI is InChI=1S/C25H26FN3O2/c26-21-8-5-4-7-18(21)16-29(19-11-12-19)24(30)17-10-13-20-22(15-17)27-23-9-3-1-2-6-14-28(23)25(20)31/h4-5,7-8,10,13,15,19H,1-3,6,9,11-12,14,16H2. The predicted octanol–water partition coefficient (Wildman–Crippen LogP) is 4.46. The Morgan fingerprint density at radius 3 is 2.71 bits per heavy atom. The van der Waals surface area contributed by atoms with Crippen molar-refractivity contribution in [2.24, 2.45) is 0 Å². The molecule has 1 amide bonds. The van der Waals surface area contributed by atoms with Crippen LogP contribution in [0.1, 0.15) is 60.3 Å². The molecule has 0 saturated heterocycles. The molecule has 2 aliphatic rings. The summed E-state index contributed by atoms with van der Waals surface area (Å²) in [5, 5.41) is 0.549. The van der Waals surface area contributed by atoms with E-state index in [1.165, 1.54) is 6.07 Å². The zero-order valence-electron chi connectivity index (χ0n) is 17.5. The number of carbonyl (C=O) groups is 1. The number of fused-ring (bicyclic) bond motifs is 2. The molecule has 2 heterocycles. The molecular weight excluding hydrogens is 393 g/mol. The van der Waals surface area contributed by atoms with Crippen LogP contribution >= 0.6 is 0 Å². The Morgan fingerprint density at radius 2 is 1.90 bits per heavy atom. The molecule has 3 aromatic rings. The van der Waals surface area contributed by atoms with Gasteiger partial charge in [0, 0.05) is 36.7 Å². The molecule has 6 heteroatoms. The third-order valence-electron chi connectivity index (χ3n) is 6.36. The lowest BCUT2D eigenvalue weighted by Gasteiger charge is -2.23. The van der Waals surface area contributed by atoms with E-state index in [-0.39, 0.29) is 29.9 Å². The van der Waals surface area contributed by atoms with Crippen LogP contribution in [0.15, 0.2) is 47.3 Å².